The lowest BCUT2D eigenvalue weighted by Crippen LogP contribution is -2.31. The number of nitrogens with zero attached hydrogens (tertiary/aromatic N) is 2. The van der Waals surface area contributed by atoms with E-state index in [1.807, 2.05) is 24.3 Å². The highest BCUT2D eigenvalue weighted by molar-refractivity contribution is 5.92. The van der Waals surface area contributed by atoms with Crippen LogP contribution in [-0.2, 0) is 37.0 Å². The van der Waals surface area contributed by atoms with E-state index in [2.05, 4.69) is 15.2 Å². The fraction of sp³-hybridized carbons (Fsp3) is 0.333. The van der Waals surface area contributed by atoms with E-state index in [1.165, 1.54) is 18.3 Å². The second-order valence-electron chi connectivity index (χ2n) is 7.62. The molecule has 0 radical (unpaired) electrons. The molecule has 1 heterocycles. The van der Waals surface area contributed by atoms with Crippen LogP contribution in [0.3, 0.4) is 0 Å². The molecule has 0 unspecified atom stereocenters. The Balaban J connectivity index is 1.57. The lowest BCUT2D eigenvalue weighted by atomic mass is 9.94. The maximum absolute atomic E-state index is 13.2. The maximum Gasteiger partial charge on any atom is 0.416 e. The summed E-state index contributed by atoms with van der Waals surface area (Å²) in [6, 6.07) is 12.3. The van der Waals surface area contributed by atoms with Gasteiger partial charge < -0.3 is 5.32 Å². The number of hydrogen-bond donors (Lipinski definition) is 1. The topological polar surface area (TPSA) is 44.7 Å². The molecule has 1 aliphatic heterocycles. The first-order valence-electron chi connectivity index (χ1n) is 10.2. The number of rotatable bonds is 6. The lowest BCUT2D eigenvalue weighted by Gasteiger charge is -2.30. The summed E-state index contributed by atoms with van der Waals surface area (Å²) in [7, 11) is 0. The van der Waals surface area contributed by atoms with E-state index in [9.17, 15) is 18.0 Å². The Kier molecular flexibility index (Phi) is 7.28. The third-order valence-corrected chi connectivity index (χ3v) is 5.31. The minimum atomic E-state index is -4.31. The van der Waals surface area contributed by atoms with Gasteiger partial charge in [-0.3, -0.25) is 14.7 Å². The third kappa shape index (κ3) is 6.04. The summed E-state index contributed by atoms with van der Waals surface area (Å²) in [5.74, 6) is -0.167. The van der Waals surface area contributed by atoms with E-state index >= 15 is 0 Å². The van der Waals surface area contributed by atoms with Crippen LogP contribution in [0, 0.1) is 0 Å². The van der Waals surface area contributed by atoms with Crippen molar-refractivity contribution in [2.45, 2.75) is 46.1 Å². The van der Waals surface area contributed by atoms with E-state index in [0.29, 0.717) is 43.7 Å². The Morgan fingerprint density at radius 3 is 2.55 bits per heavy atom. The van der Waals surface area contributed by atoms with Crippen molar-refractivity contribution in [3.05, 3.63) is 82.1 Å². The zero-order valence-corrected chi connectivity index (χ0v) is 17.7. The van der Waals surface area contributed by atoms with Gasteiger partial charge in [0.15, 0.2) is 0 Å². The Bertz CT molecular complexity index is 979. The molecule has 0 aromatic heterocycles. The molecule has 3 rings (SSSR count). The molecule has 2 aromatic carbocycles. The van der Waals surface area contributed by atoms with E-state index in [-0.39, 0.29) is 5.91 Å². The van der Waals surface area contributed by atoms with Crippen LogP contribution in [0.2, 0.25) is 0 Å². The number of hydrogen-bond acceptors (Lipinski definition) is 3. The molecule has 1 N–H and O–H groups in total. The Morgan fingerprint density at radius 2 is 1.87 bits per heavy atom. The quantitative estimate of drug-likeness (QED) is 0.526. The monoisotopic (exact) mass is 429 g/mol. The van der Waals surface area contributed by atoms with Gasteiger partial charge in [0.05, 0.1) is 5.56 Å². The zero-order chi connectivity index (χ0) is 22.4. The summed E-state index contributed by atoms with van der Waals surface area (Å²) in [6.45, 7) is 5.66. The molecule has 4 nitrogen and oxygen atoms in total. The van der Waals surface area contributed by atoms with Gasteiger partial charge in [-0.15, -0.1) is 0 Å². The van der Waals surface area contributed by atoms with Crippen molar-refractivity contribution in [1.82, 2.24) is 10.2 Å². The smallest absolute Gasteiger partial charge is 0.348 e. The van der Waals surface area contributed by atoms with Crippen LogP contribution < -0.4 is 5.32 Å². The van der Waals surface area contributed by atoms with Gasteiger partial charge in [0.25, 0.3) is 0 Å². The predicted molar refractivity (Wildman–Crippen MR) is 115 cm³/mol. The maximum atomic E-state index is 13.2. The van der Waals surface area contributed by atoms with Crippen LogP contribution >= 0.6 is 0 Å². The number of aliphatic imine (C=N–C) groups is 1. The number of fused-ring (bicyclic) bond motifs is 1. The SMILES string of the molecule is C/C=N\C=C(/C)C(=O)NCc1ccc(CN2CCc3c(cccc3C(F)(F)F)C2)cc1. The molecule has 7 heteroatoms. The lowest BCUT2D eigenvalue weighted by molar-refractivity contribution is -0.138. The van der Waals surface area contributed by atoms with Gasteiger partial charge >= 0.3 is 6.18 Å². The van der Waals surface area contributed by atoms with Gasteiger partial charge in [-0.2, -0.15) is 13.2 Å². The van der Waals surface area contributed by atoms with Gasteiger partial charge in [-0.25, -0.2) is 0 Å². The number of benzene rings is 2. The molecule has 0 bridgehead atoms. The highest BCUT2D eigenvalue weighted by atomic mass is 19.4. The van der Waals surface area contributed by atoms with Crippen LogP contribution in [-0.4, -0.2) is 23.6 Å². The van der Waals surface area contributed by atoms with Crippen LogP contribution in [0.5, 0.6) is 0 Å². The first-order valence-corrected chi connectivity index (χ1v) is 10.2. The van der Waals surface area contributed by atoms with E-state index < -0.39 is 11.7 Å². The average molecular weight is 429 g/mol. The van der Waals surface area contributed by atoms with Crippen molar-refractivity contribution in [3.8, 4) is 0 Å². The largest absolute Gasteiger partial charge is 0.416 e. The van der Waals surface area contributed by atoms with E-state index in [4.69, 9.17) is 0 Å². The van der Waals surface area contributed by atoms with Gasteiger partial charge in [0.1, 0.15) is 0 Å². The Labute approximate surface area is 180 Å². The molecule has 31 heavy (non-hydrogen) atoms. The molecular formula is C24H26F3N3O. The second kappa shape index (κ2) is 9.92. The molecule has 0 saturated heterocycles. The molecule has 1 amide bonds. The van der Waals surface area contributed by atoms with Crippen molar-refractivity contribution < 1.29 is 18.0 Å². The molecule has 0 fully saturated rings. The molecule has 0 atom stereocenters. The number of amides is 1. The zero-order valence-electron chi connectivity index (χ0n) is 17.7. The Morgan fingerprint density at radius 1 is 1.16 bits per heavy atom. The number of alkyl halides is 3. The van der Waals surface area contributed by atoms with Crippen LogP contribution in [0.1, 0.15) is 41.7 Å². The molecule has 0 aliphatic carbocycles. The summed E-state index contributed by atoms with van der Waals surface area (Å²) >= 11 is 0. The van der Waals surface area contributed by atoms with Crippen molar-refractivity contribution >= 4 is 12.1 Å². The minimum absolute atomic E-state index is 0.167. The van der Waals surface area contributed by atoms with Gasteiger partial charge in [-0.05, 0) is 48.6 Å². The van der Waals surface area contributed by atoms with Crippen LogP contribution in [0.15, 0.2) is 59.2 Å². The summed E-state index contributed by atoms with van der Waals surface area (Å²) in [4.78, 5) is 18.1. The number of carbonyl (C=O) groups excluding carboxylic acids is 1. The highest BCUT2D eigenvalue weighted by Crippen LogP contribution is 2.35. The number of nitrogens with one attached hydrogen (secondary N) is 1. The normalized spacial score (nSPS) is 15.2. The van der Waals surface area contributed by atoms with E-state index in [0.717, 1.165) is 16.7 Å². The molecule has 164 valence electrons. The van der Waals surface area contributed by atoms with Crippen molar-refractivity contribution in [2.75, 3.05) is 6.54 Å². The van der Waals surface area contributed by atoms with Crippen molar-refractivity contribution in [1.29, 1.82) is 0 Å². The van der Waals surface area contributed by atoms with Gasteiger partial charge in [0, 0.05) is 44.2 Å². The third-order valence-electron chi connectivity index (χ3n) is 5.31. The summed E-state index contributed by atoms with van der Waals surface area (Å²) in [5, 5.41) is 2.85. The number of carbonyl (C=O) groups is 1. The molecule has 2 aromatic rings. The van der Waals surface area contributed by atoms with E-state index in [1.54, 1.807) is 26.1 Å². The minimum Gasteiger partial charge on any atom is -0.348 e. The predicted octanol–water partition coefficient (Wildman–Crippen LogP) is 4.87. The Hall–Kier alpha value is -2.93. The van der Waals surface area contributed by atoms with Gasteiger partial charge in [-0.1, -0.05) is 36.4 Å². The highest BCUT2D eigenvalue weighted by Gasteiger charge is 2.35. The standard InChI is InChI=1S/C24H26F3N3O/c1-3-28-13-17(2)23(31)29-14-18-7-9-19(10-8-18)15-30-12-11-21-20(16-30)5-4-6-22(21)24(25,26)27/h3-10,13H,11-12,14-16H2,1-2H3,(H,29,31)/b17-13+,28-3-. The number of halogens is 3. The first-order chi connectivity index (χ1) is 14.8. The summed E-state index contributed by atoms with van der Waals surface area (Å²) in [5.41, 5.74) is 3.25. The summed E-state index contributed by atoms with van der Waals surface area (Å²) < 4.78 is 39.7. The fourth-order valence-corrected chi connectivity index (χ4v) is 3.66. The molecule has 0 spiro atoms. The average Bonchev–Trinajstić information content (AvgIpc) is 2.75. The van der Waals surface area contributed by atoms with Crippen LogP contribution in [0.25, 0.3) is 0 Å². The molecule has 0 saturated carbocycles. The first kappa shape index (κ1) is 22.7. The fourth-order valence-electron chi connectivity index (χ4n) is 3.66. The summed E-state index contributed by atoms with van der Waals surface area (Å²) in [6.07, 6.45) is -0.779. The molecular weight excluding hydrogens is 403 g/mol. The van der Waals surface area contributed by atoms with Crippen molar-refractivity contribution in [3.63, 3.8) is 0 Å². The molecule has 1 aliphatic rings. The second-order valence-corrected chi connectivity index (χ2v) is 7.62. The van der Waals surface area contributed by atoms with Gasteiger partial charge in [0.2, 0.25) is 5.91 Å². The van der Waals surface area contributed by atoms with Crippen LogP contribution in [0.4, 0.5) is 13.2 Å². The van der Waals surface area contributed by atoms with Crippen molar-refractivity contribution in [2.24, 2.45) is 4.99 Å².